The first-order valence-corrected chi connectivity index (χ1v) is 5.49. The van der Waals surface area contributed by atoms with Crippen LogP contribution in [0, 0.1) is 11.3 Å². The Balaban J connectivity index is 3.41. The number of hydrogen-bond acceptors (Lipinski definition) is 3. The van der Waals surface area contributed by atoms with Crippen LogP contribution in [-0.4, -0.2) is 12.6 Å². The van der Waals surface area contributed by atoms with Gasteiger partial charge in [0.05, 0.1) is 23.8 Å². The van der Waals surface area contributed by atoms with Crippen molar-refractivity contribution in [2.45, 2.75) is 20.8 Å². The highest BCUT2D eigenvalue weighted by Gasteiger charge is 2.16. The predicted octanol–water partition coefficient (Wildman–Crippen LogP) is 3.16. The summed E-state index contributed by atoms with van der Waals surface area (Å²) in [6.45, 7) is 5.83. The molecule has 1 aromatic rings. The number of nitrogens with zero attached hydrogens (tertiary/aromatic N) is 1. The first-order valence-electron chi connectivity index (χ1n) is 5.49. The van der Waals surface area contributed by atoms with Crippen molar-refractivity contribution < 1.29 is 9.53 Å². The summed E-state index contributed by atoms with van der Waals surface area (Å²) < 4.78 is 4.99. The molecule has 3 nitrogen and oxygen atoms in total. The second kappa shape index (κ2) is 5.86. The second-order valence-corrected chi connectivity index (χ2v) is 3.53. The third-order valence-electron chi connectivity index (χ3n) is 2.51. The number of hydrogen-bond donors (Lipinski definition) is 0. The van der Waals surface area contributed by atoms with Gasteiger partial charge in [0.1, 0.15) is 0 Å². The van der Waals surface area contributed by atoms with Gasteiger partial charge < -0.3 is 4.74 Å². The number of esters is 1. The van der Waals surface area contributed by atoms with Crippen molar-refractivity contribution >= 4 is 11.5 Å². The highest BCUT2D eigenvalue weighted by Crippen LogP contribution is 2.23. The molecule has 0 bridgehead atoms. The minimum Gasteiger partial charge on any atom is -0.462 e. The van der Waals surface area contributed by atoms with Gasteiger partial charge in [-0.2, -0.15) is 5.26 Å². The molecule has 0 saturated carbocycles. The zero-order valence-corrected chi connectivity index (χ0v) is 10.3. The van der Waals surface area contributed by atoms with Crippen LogP contribution < -0.4 is 0 Å². The monoisotopic (exact) mass is 229 g/mol. The minimum atomic E-state index is -0.388. The molecule has 17 heavy (non-hydrogen) atoms. The van der Waals surface area contributed by atoms with Gasteiger partial charge in [-0.3, -0.25) is 0 Å². The molecular weight excluding hydrogens is 214 g/mol. The summed E-state index contributed by atoms with van der Waals surface area (Å²) >= 11 is 0. The number of nitriles is 1. The lowest BCUT2D eigenvalue weighted by Crippen LogP contribution is -2.08. The molecule has 1 aromatic carbocycles. The lowest BCUT2D eigenvalue weighted by Gasteiger charge is -2.10. The van der Waals surface area contributed by atoms with Gasteiger partial charge in [-0.1, -0.05) is 12.1 Å². The fraction of sp³-hybridized carbons (Fsp3) is 0.286. The summed E-state index contributed by atoms with van der Waals surface area (Å²) in [5.74, 6) is -0.388. The summed E-state index contributed by atoms with van der Waals surface area (Å²) in [5.41, 5.74) is 2.49. The summed E-state index contributed by atoms with van der Waals surface area (Å²) in [6, 6.07) is 7.17. The lowest BCUT2D eigenvalue weighted by molar-refractivity contribution is 0.0526. The Bertz CT molecular complexity index is 495. The average molecular weight is 229 g/mol. The number of carbonyl (C=O) groups excluding carboxylic acids is 1. The maximum absolute atomic E-state index is 11.8. The summed E-state index contributed by atoms with van der Waals surface area (Å²) in [6.07, 6.45) is 1.87. The maximum Gasteiger partial charge on any atom is 0.338 e. The van der Waals surface area contributed by atoms with Crippen molar-refractivity contribution in [1.29, 1.82) is 5.26 Å². The van der Waals surface area contributed by atoms with Crippen molar-refractivity contribution in [1.82, 2.24) is 0 Å². The standard InChI is InChI=1S/C14H15NO2/c1-4-10(3)13-11(9-15)7-6-8-12(13)14(16)17-5-2/h4,6-8H,5H2,1-3H3/b10-4+. The van der Waals surface area contributed by atoms with Crippen molar-refractivity contribution in [2.75, 3.05) is 6.61 Å². The van der Waals surface area contributed by atoms with E-state index in [1.807, 2.05) is 19.9 Å². The molecule has 0 saturated heterocycles. The second-order valence-electron chi connectivity index (χ2n) is 3.53. The fourth-order valence-electron chi connectivity index (χ4n) is 1.59. The van der Waals surface area contributed by atoms with E-state index in [4.69, 9.17) is 10.00 Å². The van der Waals surface area contributed by atoms with Crippen LogP contribution in [0.25, 0.3) is 5.57 Å². The molecule has 3 heteroatoms. The van der Waals surface area contributed by atoms with Crippen molar-refractivity contribution in [2.24, 2.45) is 0 Å². The van der Waals surface area contributed by atoms with E-state index in [0.717, 1.165) is 5.57 Å². The first-order chi connectivity index (χ1) is 8.15. The molecule has 0 spiro atoms. The third kappa shape index (κ3) is 2.73. The van der Waals surface area contributed by atoms with Gasteiger partial charge in [0.25, 0.3) is 0 Å². The van der Waals surface area contributed by atoms with Crippen LogP contribution in [0.3, 0.4) is 0 Å². The molecule has 0 N–H and O–H groups in total. The summed E-state index contributed by atoms with van der Waals surface area (Å²) in [4.78, 5) is 11.8. The van der Waals surface area contributed by atoms with Crippen LogP contribution in [0.5, 0.6) is 0 Å². The van der Waals surface area contributed by atoms with Crippen LogP contribution in [0.1, 0.15) is 42.3 Å². The highest BCUT2D eigenvalue weighted by molar-refractivity contribution is 5.96. The first kappa shape index (κ1) is 13.0. The van der Waals surface area contributed by atoms with E-state index in [9.17, 15) is 4.79 Å². The van der Waals surface area contributed by atoms with E-state index in [0.29, 0.717) is 23.3 Å². The van der Waals surface area contributed by atoms with Crippen LogP contribution in [0.2, 0.25) is 0 Å². The molecule has 0 radical (unpaired) electrons. The van der Waals surface area contributed by atoms with Crippen molar-refractivity contribution in [3.63, 3.8) is 0 Å². The molecule has 0 fully saturated rings. The number of rotatable bonds is 3. The highest BCUT2D eigenvalue weighted by atomic mass is 16.5. The Morgan fingerprint density at radius 3 is 2.76 bits per heavy atom. The van der Waals surface area contributed by atoms with E-state index in [1.165, 1.54) is 0 Å². The van der Waals surface area contributed by atoms with E-state index in [-0.39, 0.29) is 5.97 Å². The normalized spacial score (nSPS) is 10.8. The van der Waals surface area contributed by atoms with Gasteiger partial charge in [-0.15, -0.1) is 0 Å². The van der Waals surface area contributed by atoms with E-state index >= 15 is 0 Å². The Morgan fingerprint density at radius 2 is 2.24 bits per heavy atom. The summed E-state index contributed by atoms with van der Waals surface area (Å²) in [5, 5.41) is 9.07. The van der Waals surface area contributed by atoms with E-state index in [1.54, 1.807) is 25.1 Å². The van der Waals surface area contributed by atoms with E-state index < -0.39 is 0 Å². The van der Waals surface area contributed by atoms with Gasteiger partial charge in [0, 0.05) is 5.56 Å². The number of ether oxygens (including phenoxy) is 1. The molecule has 0 aromatic heterocycles. The number of allylic oxidation sites excluding steroid dienone is 2. The van der Waals surface area contributed by atoms with Gasteiger partial charge in [0.2, 0.25) is 0 Å². The Kier molecular flexibility index (Phi) is 4.47. The molecule has 1 rings (SSSR count). The third-order valence-corrected chi connectivity index (χ3v) is 2.51. The van der Waals surface area contributed by atoms with Gasteiger partial charge in [-0.25, -0.2) is 4.79 Å². The zero-order chi connectivity index (χ0) is 12.8. The number of carbonyl (C=O) groups is 1. The molecular formula is C14H15NO2. The maximum atomic E-state index is 11.8. The minimum absolute atomic E-state index is 0.323. The molecule has 0 amide bonds. The van der Waals surface area contributed by atoms with Crippen LogP contribution >= 0.6 is 0 Å². The van der Waals surface area contributed by atoms with Gasteiger partial charge in [0.15, 0.2) is 0 Å². The smallest absolute Gasteiger partial charge is 0.338 e. The molecule has 0 aliphatic heterocycles. The van der Waals surface area contributed by atoms with Gasteiger partial charge in [-0.05, 0) is 38.5 Å². The topological polar surface area (TPSA) is 50.1 Å². The zero-order valence-electron chi connectivity index (χ0n) is 10.3. The lowest BCUT2D eigenvalue weighted by atomic mass is 9.95. The molecule has 0 heterocycles. The van der Waals surface area contributed by atoms with E-state index in [2.05, 4.69) is 6.07 Å². The SMILES string of the molecule is C/C=C(\C)c1c(C#N)cccc1C(=O)OCC. The van der Waals surface area contributed by atoms with Crippen LogP contribution in [0.4, 0.5) is 0 Å². The molecule has 0 aliphatic rings. The summed E-state index contributed by atoms with van der Waals surface area (Å²) in [7, 11) is 0. The molecule has 0 atom stereocenters. The average Bonchev–Trinajstić information content (AvgIpc) is 2.37. The van der Waals surface area contributed by atoms with Crippen LogP contribution in [0.15, 0.2) is 24.3 Å². The Morgan fingerprint density at radius 1 is 1.53 bits per heavy atom. The Hall–Kier alpha value is -2.08. The van der Waals surface area contributed by atoms with Gasteiger partial charge >= 0.3 is 5.97 Å². The molecule has 0 unspecified atom stereocenters. The molecule has 0 aliphatic carbocycles. The molecule has 88 valence electrons. The largest absolute Gasteiger partial charge is 0.462 e. The number of benzene rings is 1. The predicted molar refractivity (Wildman–Crippen MR) is 66.4 cm³/mol. The quantitative estimate of drug-likeness (QED) is 0.748. The van der Waals surface area contributed by atoms with Crippen molar-refractivity contribution in [3.8, 4) is 6.07 Å². The van der Waals surface area contributed by atoms with Crippen molar-refractivity contribution in [3.05, 3.63) is 41.0 Å². The Labute approximate surface area is 101 Å². The fourth-order valence-corrected chi connectivity index (χ4v) is 1.59. The van der Waals surface area contributed by atoms with Crippen LogP contribution in [-0.2, 0) is 4.74 Å².